The molecule has 0 aliphatic heterocycles. The minimum absolute atomic E-state index is 0.211. The molecule has 0 saturated heterocycles. The van der Waals surface area contributed by atoms with Crippen molar-refractivity contribution in [2.45, 2.75) is 12.8 Å². The van der Waals surface area contributed by atoms with Crippen LogP contribution in [0.3, 0.4) is 0 Å². The van der Waals surface area contributed by atoms with Crippen molar-refractivity contribution in [1.82, 2.24) is 0 Å². The highest BCUT2D eigenvalue weighted by Crippen LogP contribution is 2.27. The second-order valence-electron chi connectivity index (χ2n) is 3.73. The van der Waals surface area contributed by atoms with E-state index in [9.17, 15) is 14.4 Å². The number of carbonyl (C=O) groups excluding carboxylic acids is 1. The molecule has 5 nitrogen and oxygen atoms in total. The van der Waals surface area contributed by atoms with Crippen LogP contribution >= 0.6 is 0 Å². The van der Waals surface area contributed by atoms with E-state index in [1.54, 1.807) is 30.3 Å². The second kappa shape index (κ2) is 5.25. The predicted molar refractivity (Wildman–Crippen MR) is 58.5 cm³/mol. The molecule has 0 radical (unpaired) electrons. The van der Waals surface area contributed by atoms with Gasteiger partial charge in [0.2, 0.25) is 0 Å². The fourth-order valence-corrected chi connectivity index (χ4v) is 1.58. The number of hydrogen-bond donors (Lipinski definition) is 2. The molecule has 0 amide bonds. The van der Waals surface area contributed by atoms with E-state index in [1.807, 2.05) is 0 Å². The summed E-state index contributed by atoms with van der Waals surface area (Å²) in [4.78, 5) is 32.7. The van der Waals surface area contributed by atoms with Crippen molar-refractivity contribution < 1.29 is 24.6 Å². The maximum atomic E-state index is 11.1. The molecular formula is C12H12O5. The quantitative estimate of drug-likeness (QED) is 0.567. The Labute approximate surface area is 97.7 Å². The van der Waals surface area contributed by atoms with Gasteiger partial charge < -0.3 is 15.0 Å². The number of aldehydes is 1. The first-order valence-corrected chi connectivity index (χ1v) is 4.97. The third kappa shape index (κ3) is 2.69. The summed E-state index contributed by atoms with van der Waals surface area (Å²) in [6.45, 7) is 0. The van der Waals surface area contributed by atoms with Gasteiger partial charge >= 0.3 is 11.9 Å². The summed E-state index contributed by atoms with van der Waals surface area (Å²) in [7, 11) is 0. The highest BCUT2D eigenvalue weighted by molar-refractivity contribution is 6.00. The zero-order valence-electron chi connectivity index (χ0n) is 9.00. The number of aliphatic carboxylic acids is 2. The summed E-state index contributed by atoms with van der Waals surface area (Å²) in [5.41, 5.74) is -1.51. The van der Waals surface area contributed by atoms with Crippen LogP contribution < -0.4 is 0 Å². The van der Waals surface area contributed by atoms with Gasteiger partial charge in [-0.15, -0.1) is 0 Å². The zero-order valence-corrected chi connectivity index (χ0v) is 9.00. The number of carboxylic acids is 2. The van der Waals surface area contributed by atoms with Gasteiger partial charge in [-0.1, -0.05) is 30.3 Å². The lowest BCUT2D eigenvalue weighted by Crippen LogP contribution is -2.41. The number of benzene rings is 1. The average Bonchev–Trinajstić information content (AvgIpc) is 2.29. The summed E-state index contributed by atoms with van der Waals surface area (Å²) >= 11 is 0. The number of hydrogen-bond acceptors (Lipinski definition) is 3. The third-order valence-corrected chi connectivity index (χ3v) is 2.60. The van der Waals surface area contributed by atoms with Crippen LogP contribution in [-0.4, -0.2) is 28.4 Å². The molecule has 0 bridgehead atoms. The van der Waals surface area contributed by atoms with Crippen LogP contribution in [0.25, 0.3) is 0 Å². The first kappa shape index (κ1) is 12.9. The van der Waals surface area contributed by atoms with Crippen LogP contribution in [0, 0.1) is 5.41 Å². The highest BCUT2D eigenvalue weighted by Gasteiger charge is 2.46. The van der Waals surface area contributed by atoms with Crippen molar-refractivity contribution in [2.75, 3.05) is 0 Å². The van der Waals surface area contributed by atoms with Gasteiger partial charge in [0.1, 0.15) is 6.29 Å². The first-order chi connectivity index (χ1) is 8.03. The lowest BCUT2D eigenvalue weighted by molar-refractivity contribution is -0.165. The Bertz CT molecular complexity index is 410. The largest absolute Gasteiger partial charge is 0.480 e. The molecule has 0 unspecified atom stereocenters. The van der Waals surface area contributed by atoms with Gasteiger partial charge in [-0.05, 0) is 12.0 Å². The molecule has 0 spiro atoms. The Hall–Kier alpha value is -2.17. The van der Waals surface area contributed by atoms with Gasteiger partial charge in [0.15, 0.2) is 5.41 Å². The van der Waals surface area contributed by atoms with Crippen LogP contribution in [0.1, 0.15) is 12.0 Å². The minimum atomic E-state index is -2.08. The van der Waals surface area contributed by atoms with Crippen molar-refractivity contribution >= 4 is 18.2 Å². The minimum Gasteiger partial charge on any atom is -0.480 e. The number of rotatable bonds is 6. The number of carboxylic acid groups (broad SMARTS) is 2. The molecule has 0 aliphatic rings. The molecule has 0 fully saturated rings. The van der Waals surface area contributed by atoms with Gasteiger partial charge in [0, 0.05) is 6.42 Å². The van der Waals surface area contributed by atoms with Crippen LogP contribution in [0.4, 0.5) is 0 Å². The predicted octanol–water partition coefficient (Wildman–Crippen LogP) is 0.974. The zero-order chi connectivity index (χ0) is 12.9. The van der Waals surface area contributed by atoms with Crippen molar-refractivity contribution in [3.05, 3.63) is 35.9 Å². The third-order valence-electron chi connectivity index (χ3n) is 2.60. The molecule has 5 heteroatoms. The molecule has 1 aromatic carbocycles. The van der Waals surface area contributed by atoms with Crippen molar-refractivity contribution in [3.63, 3.8) is 0 Å². The van der Waals surface area contributed by atoms with E-state index in [4.69, 9.17) is 10.2 Å². The molecule has 0 aromatic heterocycles. The molecular weight excluding hydrogens is 224 g/mol. The Kier molecular flexibility index (Phi) is 3.98. The molecule has 0 aliphatic carbocycles. The van der Waals surface area contributed by atoms with Crippen LogP contribution in [-0.2, 0) is 20.8 Å². The van der Waals surface area contributed by atoms with Gasteiger partial charge in [0.05, 0.1) is 0 Å². The molecule has 0 saturated carbocycles. The molecule has 2 N–H and O–H groups in total. The van der Waals surface area contributed by atoms with E-state index in [-0.39, 0.29) is 6.42 Å². The van der Waals surface area contributed by atoms with Gasteiger partial charge in [0.25, 0.3) is 0 Å². The van der Waals surface area contributed by atoms with Crippen LogP contribution in [0.2, 0.25) is 0 Å². The van der Waals surface area contributed by atoms with E-state index >= 15 is 0 Å². The first-order valence-electron chi connectivity index (χ1n) is 4.97. The maximum Gasteiger partial charge on any atom is 0.321 e. The van der Waals surface area contributed by atoms with E-state index < -0.39 is 23.8 Å². The summed E-state index contributed by atoms with van der Waals surface area (Å²) in [6, 6.07) is 8.37. The Morgan fingerprint density at radius 2 is 1.65 bits per heavy atom. The molecule has 90 valence electrons. The second-order valence-corrected chi connectivity index (χ2v) is 3.73. The van der Waals surface area contributed by atoms with Crippen molar-refractivity contribution in [3.8, 4) is 0 Å². The smallest absolute Gasteiger partial charge is 0.321 e. The summed E-state index contributed by atoms with van der Waals surface area (Å²) in [5, 5.41) is 18.1. The summed E-state index contributed by atoms with van der Waals surface area (Å²) < 4.78 is 0. The average molecular weight is 236 g/mol. The normalized spacial score (nSPS) is 10.8. The molecule has 17 heavy (non-hydrogen) atoms. The molecule has 1 rings (SSSR count). The lowest BCUT2D eigenvalue weighted by Gasteiger charge is -2.22. The monoisotopic (exact) mass is 236 g/mol. The topological polar surface area (TPSA) is 91.7 Å². The van der Waals surface area contributed by atoms with Gasteiger partial charge in [-0.3, -0.25) is 9.59 Å². The SMILES string of the molecule is O=CCC(Cc1ccccc1)(C(=O)O)C(=O)O. The number of carbonyl (C=O) groups is 3. The maximum absolute atomic E-state index is 11.1. The van der Waals surface area contributed by atoms with E-state index in [1.165, 1.54) is 0 Å². The molecule has 0 heterocycles. The van der Waals surface area contributed by atoms with E-state index in [0.717, 1.165) is 0 Å². The van der Waals surface area contributed by atoms with Crippen LogP contribution in [0.15, 0.2) is 30.3 Å². The highest BCUT2D eigenvalue weighted by atomic mass is 16.4. The standard InChI is InChI=1S/C12H12O5/c13-7-6-12(10(14)15,11(16)17)8-9-4-2-1-3-5-9/h1-5,7H,6,8H2,(H,14,15)(H,16,17). The van der Waals surface area contributed by atoms with Crippen molar-refractivity contribution in [1.29, 1.82) is 0 Å². The summed E-state index contributed by atoms with van der Waals surface area (Å²) in [6.07, 6.45) is -0.436. The van der Waals surface area contributed by atoms with Gasteiger partial charge in [-0.2, -0.15) is 0 Å². The van der Waals surface area contributed by atoms with Crippen molar-refractivity contribution in [2.24, 2.45) is 5.41 Å². The fraction of sp³-hybridized carbons (Fsp3) is 0.250. The summed E-state index contributed by atoms with van der Waals surface area (Å²) in [5.74, 6) is -3.00. The Balaban J connectivity index is 3.10. The van der Waals surface area contributed by atoms with Gasteiger partial charge in [-0.25, -0.2) is 0 Å². The Morgan fingerprint density at radius 3 is 2.06 bits per heavy atom. The van der Waals surface area contributed by atoms with E-state index in [0.29, 0.717) is 11.8 Å². The molecule has 0 atom stereocenters. The van der Waals surface area contributed by atoms with Crippen LogP contribution in [0.5, 0.6) is 0 Å². The Morgan fingerprint density at radius 1 is 1.12 bits per heavy atom. The van der Waals surface area contributed by atoms with E-state index in [2.05, 4.69) is 0 Å². The molecule has 1 aromatic rings. The lowest BCUT2D eigenvalue weighted by atomic mass is 9.79. The fourth-order valence-electron chi connectivity index (χ4n) is 1.58.